The number of aryl methyl sites for hydroxylation is 1. The number of rotatable bonds is 5. The fraction of sp³-hybridized carbons (Fsp3) is 0.353. The van der Waals surface area contributed by atoms with Crippen molar-refractivity contribution in [2.75, 3.05) is 0 Å². The summed E-state index contributed by atoms with van der Waals surface area (Å²) in [5.74, 6) is 0.441. The molecule has 0 aliphatic carbocycles. The molecule has 26 heavy (non-hydrogen) atoms. The summed E-state index contributed by atoms with van der Waals surface area (Å²) in [7, 11) is 0. The fourth-order valence-corrected chi connectivity index (χ4v) is 2.42. The normalized spacial score (nSPS) is 12.0. The molecule has 0 aliphatic rings. The Kier molecular flexibility index (Phi) is 4.71. The van der Waals surface area contributed by atoms with Crippen LogP contribution < -0.4 is 4.74 Å². The van der Waals surface area contributed by atoms with Crippen LogP contribution in [0.5, 0.6) is 5.75 Å². The standard InChI is InChI=1S/C17H16F3N3O3/c1-4-13-14(21-8-24-13)16-22-15(23-26-16)11-6-5-10(25-9(2)3)7-12(11)17(18,19)20/h5-9H,4H2,1-3H3. The molecule has 2 heterocycles. The van der Waals surface area contributed by atoms with Crippen LogP contribution in [-0.2, 0) is 12.6 Å². The van der Waals surface area contributed by atoms with Crippen LogP contribution in [-0.4, -0.2) is 21.2 Å². The third-order valence-electron chi connectivity index (χ3n) is 3.50. The minimum absolute atomic E-state index is 0.00114. The van der Waals surface area contributed by atoms with Crippen molar-refractivity contribution < 1.29 is 26.8 Å². The number of ether oxygens (including phenoxy) is 1. The molecule has 0 atom stereocenters. The maximum atomic E-state index is 13.5. The van der Waals surface area contributed by atoms with Gasteiger partial charge in [-0.1, -0.05) is 12.1 Å². The van der Waals surface area contributed by atoms with Crippen LogP contribution in [0.25, 0.3) is 23.0 Å². The largest absolute Gasteiger partial charge is 0.491 e. The van der Waals surface area contributed by atoms with Gasteiger partial charge in [0.1, 0.15) is 11.5 Å². The van der Waals surface area contributed by atoms with E-state index in [-0.39, 0.29) is 29.1 Å². The van der Waals surface area contributed by atoms with E-state index >= 15 is 0 Å². The van der Waals surface area contributed by atoms with E-state index in [0.717, 1.165) is 6.07 Å². The Balaban J connectivity index is 2.04. The predicted molar refractivity (Wildman–Crippen MR) is 85.4 cm³/mol. The number of halogens is 3. The zero-order valence-corrected chi connectivity index (χ0v) is 14.3. The molecule has 0 saturated heterocycles. The van der Waals surface area contributed by atoms with Gasteiger partial charge in [0, 0.05) is 12.0 Å². The lowest BCUT2D eigenvalue weighted by atomic mass is 10.1. The van der Waals surface area contributed by atoms with E-state index in [9.17, 15) is 13.2 Å². The molecule has 0 saturated carbocycles. The van der Waals surface area contributed by atoms with Gasteiger partial charge in [0.2, 0.25) is 5.82 Å². The van der Waals surface area contributed by atoms with E-state index < -0.39 is 11.7 Å². The van der Waals surface area contributed by atoms with E-state index in [1.165, 1.54) is 18.5 Å². The summed E-state index contributed by atoms with van der Waals surface area (Å²) in [6, 6.07) is 3.63. The van der Waals surface area contributed by atoms with Gasteiger partial charge in [-0.15, -0.1) is 0 Å². The van der Waals surface area contributed by atoms with Gasteiger partial charge in [0.05, 0.1) is 11.7 Å². The lowest BCUT2D eigenvalue weighted by Gasteiger charge is -2.15. The van der Waals surface area contributed by atoms with Crippen LogP contribution in [0.2, 0.25) is 0 Å². The van der Waals surface area contributed by atoms with Crippen LogP contribution in [0, 0.1) is 0 Å². The van der Waals surface area contributed by atoms with Crippen LogP contribution in [0.1, 0.15) is 32.1 Å². The Bertz CT molecular complexity index is 900. The second kappa shape index (κ2) is 6.81. The predicted octanol–water partition coefficient (Wildman–Crippen LogP) is 4.76. The molecule has 6 nitrogen and oxygen atoms in total. The summed E-state index contributed by atoms with van der Waals surface area (Å²) in [5.41, 5.74) is -0.788. The fourth-order valence-electron chi connectivity index (χ4n) is 2.42. The van der Waals surface area contributed by atoms with Crippen molar-refractivity contribution in [2.45, 2.75) is 39.5 Å². The maximum Gasteiger partial charge on any atom is 0.417 e. The van der Waals surface area contributed by atoms with Crippen LogP contribution in [0.15, 0.2) is 33.5 Å². The van der Waals surface area contributed by atoms with Gasteiger partial charge >= 0.3 is 6.18 Å². The van der Waals surface area contributed by atoms with Crippen molar-refractivity contribution in [1.29, 1.82) is 0 Å². The molecule has 0 bridgehead atoms. The van der Waals surface area contributed by atoms with E-state index in [1.807, 2.05) is 6.92 Å². The molecule has 0 fully saturated rings. The second-order valence-electron chi connectivity index (χ2n) is 5.77. The Morgan fingerprint density at radius 2 is 2.00 bits per heavy atom. The molecule has 3 rings (SSSR count). The van der Waals surface area contributed by atoms with Gasteiger partial charge in [0.25, 0.3) is 5.89 Å². The number of aromatic nitrogens is 3. The summed E-state index contributed by atoms with van der Waals surface area (Å²) in [6.07, 6.45) is -3.10. The highest BCUT2D eigenvalue weighted by Gasteiger charge is 2.35. The van der Waals surface area contributed by atoms with Crippen molar-refractivity contribution in [3.63, 3.8) is 0 Å². The van der Waals surface area contributed by atoms with Crippen molar-refractivity contribution in [2.24, 2.45) is 0 Å². The molecule has 0 radical (unpaired) electrons. The first-order valence-electron chi connectivity index (χ1n) is 7.94. The zero-order chi connectivity index (χ0) is 18.9. The summed E-state index contributed by atoms with van der Waals surface area (Å²) < 4.78 is 56.1. The molecule has 2 aromatic heterocycles. The zero-order valence-electron chi connectivity index (χ0n) is 14.3. The first-order chi connectivity index (χ1) is 12.3. The Morgan fingerprint density at radius 3 is 2.65 bits per heavy atom. The van der Waals surface area contributed by atoms with Crippen LogP contribution >= 0.6 is 0 Å². The topological polar surface area (TPSA) is 74.2 Å². The molecule has 0 spiro atoms. The minimum atomic E-state index is -4.60. The quantitative estimate of drug-likeness (QED) is 0.647. The summed E-state index contributed by atoms with van der Waals surface area (Å²) in [5, 5.41) is 3.67. The highest BCUT2D eigenvalue weighted by atomic mass is 19.4. The van der Waals surface area contributed by atoms with E-state index in [0.29, 0.717) is 17.9 Å². The molecule has 138 valence electrons. The SMILES string of the molecule is CCc1ocnc1-c1nc(-c2ccc(OC(C)C)cc2C(F)(F)F)no1. The highest BCUT2D eigenvalue weighted by Crippen LogP contribution is 2.39. The molecule has 0 N–H and O–H groups in total. The summed E-state index contributed by atoms with van der Waals surface area (Å²) in [6.45, 7) is 5.31. The minimum Gasteiger partial charge on any atom is -0.491 e. The monoisotopic (exact) mass is 367 g/mol. The number of nitrogens with zero attached hydrogens (tertiary/aromatic N) is 3. The lowest BCUT2D eigenvalue weighted by molar-refractivity contribution is -0.137. The molecular formula is C17H16F3N3O3. The molecule has 3 aromatic rings. The Labute approximate surface area is 147 Å². The molecule has 0 aliphatic heterocycles. The number of benzene rings is 1. The number of oxazole rings is 1. The van der Waals surface area contributed by atoms with Crippen molar-refractivity contribution >= 4 is 0 Å². The third kappa shape index (κ3) is 3.56. The van der Waals surface area contributed by atoms with Crippen molar-refractivity contribution in [3.05, 3.63) is 35.9 Å². The van der Waals surface area contributed by atoms with Crippen LogP contribution in [0.4, 0.5) is 13.2 Å². The first kappa shape index (κ1) is 18.0. The number of alkyl halides is 3. The molecule has 1 aromatic carbocycles. The number of hydrogen-bond donors (Lipinski definition) is 0. The summed E-state index contributed by atoms with van der Waals surface area (Å²) in [4.78, 5) is 8.03. The maximum absolute atomic E-state index is 13.5. The van der Waals surface area contributed by atoms with Crippen molar-refractivity contribution in [3.8, 4) is 28.7 Å². The average molecular weight is 367 g/mol. The Hall–Kier alpha value is -2.84. The molecule has 9 heteroatoms. The first-order valence-corrected chi connectivity index (χ1v) is 7.94. The van der Waals surface area contributed by atoms with Gasteiger partial charge in [-0.2, -0.15) is 18.2 Å². The van der Waals surface area contributed by atoms with E-state index in [4.69, 9.17) is 13.7 Å². The summed E-state index contributed by atoms with van der Waals surface area (Å²) >= 11 is 0. The molecule has 0 unspecified atom stereocenters. The van der Waals surface area contributed by atoms with Gasteiger partial charge in [0.15, 0.2) is 12.1 Å². The van der Waals surface area contributed by atoms with E-state index in [1.54, 1.807) is 13.8 Å². The van der Waals surface area contributed by atoms with Gasteiger partial charge in [-0.05, 0) is 32.0 Å². The Morgan fingerprint density at radius 1 is 1.23 bits per heavy atom. The van der Waals surface area contributed by atoms with Gasteiger partial charge < -0.3 is 13.7 Å². The smallest absolute Gasteiger partial charge is 0.417 e. The third-order valence-corrected chi connectivity index (χ3v) is 3.50. The lowest BCUT2D eigenvalue weighted by Crippen LogP contribution is -2.10. The molecule has 0 amide bonds. The number of hydrogen-bond acceptors (Lipinski definition) is 6. The van der Waals surface area contributed by atoms with E-state index in [2.05, 4.69) is 15.1 Å². The molecular weight excluding hydrogens is 351 g/mol. The average Bonchev–Trinajstić information content (AvgIpc) is 3.22. The van der Waals surface area contributed by atoms with Crippen LogP contribution in [0.3, 0.4) is 0 Å². The van der Waals surface area contributed by atoms with Gasteiger partial charge in [-0.25, -0.2) is 4.98 Å². The second-order valence-corrected chi connectivity index (χ2v) is 5.77. The van der Waals surface area contributed by atoms with Crippen molar-refractivity contribution in [1.82, 2.24) is 15.1 Å². The highest BCUT2D eigenvalue weighted by molar-refractivity contribution is 5.64. The van der Waals surface area contributed by atoms with Gasteiger partial charge in [-0.3, -0.25) is 0 Å².